The van der Waals surface area contributed by atoms with Gasteiger partial charge in [-0.3, -0.25) is 9.97 Å². The summed E-state index contributed by atoms with van der Waals surface area (Å²) in [6, 6.07) is 6.62. The second-order valence-electron chi connectivity index (χ2n) is 4.96. The molecule has 0 amide bonds. The number of hydrogen-bond acceptors (Lipinski definition) is 3. The summed E-state index contributed by atoms with van der Waals surface area (Å²) in [4.78, 5) is 8.64. The normalized spacial score (nSPS) is 12.3. The van der Waals surface area contributed by atoms with Crippen molar-refractivity contribution in [3.63, 3.8) is 0 Å². The largest absolute Gasteiger partial charge is 0.310 e. The second-order valence-corrected chi connectivity index (χ2v) is 5.87. The minimum Gasteiger partial charge on any atom is -0.310 e. The summed E-state index contributed by atoms with van der Waals surface area (Å²) in [5.74, 6) is 0. The van der Waals surface area contributed by atoms with E-state index in [-0.39, 0.29) is 6.04 Å². The molecule has 1 atom stereocenters. The Morgan fingerprint density at radius 3 is 2.75 bits per heavy atom. The van der Waals surface area contributed by atoms with Gasteiger partial charge in [0.1, 0.15) is 0 Å². The lowest BCUT2D eigenvalue weighted by atomic mass is 10.0. The third-order valence-corrected chi connectivity index (χ3v) is 3.61. The Hall–Kier alpha value is -1.26. The van der Waals surface area contributed by atoms with Gasteiger partial charge in [0.2, 0.25) is 0 Å². The Morgan fingerprint density at radius 2 is 2.10 bits per heavy atom. The van der Waals surface area contributed by atoms with Crippen LogP contribution < -0.4 is 5.32 Å². The summed E-state index contributed by atoms with van der Waals surface area (Å²) in [5.41, 5.74) is 3.49. The number of nitrogens with zero attached hydrogens (tertiary/aromatic N) is 2. The Balaban J connectivity index is 2.16. The summed E-state index contributed by atoms with van der Waals surface area (Å²) in [7, 11) is 0. The van der Waals surface area contributed by atoms with E-state index in [1.54, 1.807) is 0 Å². The number of aromatic nitrogens is 2. The summed E-state index contributed by atoms with van der Waals surface area (Å²) < 4.78 is 1.02. The first-order chi connectivity index (χ1) is 9.69. The van der Waals surface area contributed by atoms with Crippen LogP contribution in [0.15, 0.2) is 41.3 Å². The van der Waals surface area contributed by atoms with Crippen molar-refractivity contribution in [2.24, 2.45) is 0 Å². The van der Waals surface area contributed by atoms with E-state index in [0.717, 1.165) is 29.6 Å². The highest BCUT2D eigenvalue weighted by atomic mass is 79.9. The molecule has 4 heteroatoms. The molecule has 2 heterocycles. The minimum atomic E-state index is 0.277. The standard InChI is InChI=1S/C16H20BrN3/c1-3-6-19-16(14-5-4-12(2)20-10-14)8-13-7-15(17)11-18-9-13/h4-5,7,9-11,16,19H,3,6,8H2,1-2H3. The summed E-state index contributed by atoms with van der Waals surface area (Å²) in [6.45, 7) is 5.19. The van der Waals surface area contributed by atoms with Crippen LogP contribution in [0.2, 0.25) is 0 Å². The molecule has 20 heavy (non-hydrogen) atoms. The third-order valence-electron chi connectivity index (χ3n) is 3.18. The molecule has 0 radical (unpaired) electrons. The summed E-state index contributed by atoms with van der Waals surface area (Å²) in [5, 5.41) is 3.59. The number of rotatable bonds is 6. The van der Waals surface area contributed by atoms with Gasteiger partial charge in [0, 0.05) is 34.8 Å². The average molecular weight is 334 g/mol. The molecule has 0 aromatic carbocycles. The smallest absolute Gasteiger partial charge is 0.0410 e. The van der Waals surface area contributed by atoms with Gasteiger partial charge in [-0.1, -0.05) is 13.0 Å². The summed E-state index contributed by atoms with van der Waals surface area (Å²) >= 11 is 3.48. The molecule has 2 aromatic rings. The Kier molecular flexibility index (Phi) is 5.68. The van der Waals surface area contributed by atoms with Gasteiger partial charge in [0.15, 0.2) is 0 Å². The van der Waals surface area contributed by atoms with E-state index in [4.69, 9.17) is 0 Å². The lowest BCUT2D eigenvalue weighted by Gasteiger charge is -2.19. The van der Waals surface area contributed by atoms with Gasteiger partial charge in [0.25, 0.3) is 0 Å². The van der Waals surface area contributed by atoms with Crippen LogP contribution >= 0.6 is 15.9 Å². The molecule has 1 unspecified atom stereocenters. The van der Waals surface area contributed by atoms with Crippen LogP contribution in [0, 0.1) is 6.92 Å². The molecule has 0 aliphatic heterocycles. The molecule has 2 aromatic heterocycles. The van der Waals surface area contributed by atoms with Crippen LogP contribution in [0.1, 0.15) is 36.2 Å². The predicted octanol–water partition coefficient (Wildman–Crippen LogP) is 3.83. The van der Waals surface area contributed by atoms with E-state index in [1.807, 2.05) is 25.5 Å². The van der Waals surface area contributed by atoms with Crippen molar-refractivity contribution in [1.29, 1.82) is 0 Å². The maximum Gasteiger partial charge on any atom is 0.0410 e. The molecule has 2 rings (SSSR count). The van der Waals surface area contributed by atoms with Gasteiger partial charge in [-0.15, -0.1) is 0 Å². The van der Waals surface area contributed by atoms with E-state index in [1.165, 1.54) is 11.1 Å². The van der Waals surface area contributed by atoms with E-state index < -0.39 is 0 Å². The van der Waals surface area contributed by atoms with Crippen LogP contribution in [0.25, 0.3) is 0 Å². The van der Waals surface area contributed by atoms with Crippen molar-refractivity contribution >= 4 is 15.9 Å². The van der Waals surface area contributed by atoms with Crippen molar-refractivity contribution in [2.45, 2.75) is 32.7 Å². The molecule has 0 saturated carbocycles. The zero-order valence-corrected chi connectivity index (χ0v) is 13.5. The molecule has 0 aliphatic rings. The van der Waals surface area contributed by atoms with Crippen LogP contribution in [0.3, 0.4) is 0 Å². The number of nitrogens with one attached hydrogen (secondary N) is 1. The number of aryl methyl sites for hydroxylation is 1. The van der Waals surface area contributed by atoms with Crippen molar-refractivity contribution in [3.8, 4) is 0 Å². The monoisotopic (exact) mass is 333 g/mol. The highest BCUT2D eigenvalue weighted by Crippen LogP contribution is 2.19. The van der Waals surface area contributed by atoms with E-state index in [9.17, 15) is 0 Å². The molecular formula is C16H20BrN3. The minimum absolute atomic E-state index is 0.277. The average Bonchev–Trinajstić information content (AvgIpc) is 2.44. The first-order valence-corrected chi connectivity index (χ1v) is 7.73. The van der Waals surface area contributed by atoms with Gasteiger partial charge in [-0.25, -0.2) is 0 Å². The molecule has 3 nitrogen and oxygen atoms in total. The van der Waals surface area contributed by atoms with Crippen molar-refractivity contribution in [1.82, 2.24) is 15.3 Å². The van der Waals surface area contributed by atoms with Crippen LogP contribution in [0.4, 0.5) is 0 Å². The van der Waals surface area contributed by atoms with Crippen molar-refractivity contribution in [2.75, 3.05) is 6.54 Å². The quantitative estimate of drug-likeness (QED) is 0.872. The lowest BCUT2D eigenvalue weighted by Crippen LogP contribution is -2.24. The number of hydrogen-bond donors (Lipinski definition) is 1. The highest BCUT2D eigenvalue weighted by molar-refractivity contribution is 9.10. The maximum atomic E-state index is 4.40. The Morgan fingerprint density at radius 1 is 1.25 bits per heavy atom. The van der Waals surface area contributed by atoms with E-state index in [0.29, 0.717) is 0 Å². The second kappa shape index (κ2) is 7.50. The van der Waals surface area contributed by atoms with Crippen molar-refractivity contribution < 1.29 is 0 Å². The Bertz CT molecular complexity index is 540. The van der Waals surface area contributed by atoms with Gasteiger partial charge in [0.05, 0.1) is 0 Å². The van der Waals surface area contributed by atoms with Crippen LogP contribution in [-0.4, -0.2) is 16.5 Å². The zero-order valence-electron chi connectivity index (χ0n) is 11.9. The first-order valence-electron chi connectivity index (χ1n) is 6.94. The third kappa shape index (κ3) is 4.39. The molecule has 1 N–H and O–H groups in total. The molecule has 0 saturated heterocycles. The topological polar surface area (TPSA) is 37.8 Å². The molecule has 106 valence electrons. The van der Waals surface area contributed by atoms with Crippen molar-refractivity contribution in [3.05, 3.63) is 58.1 Å². The maximum absolute atomic E-state index is 4.40. The lowest BCUT2D eigenvalue weighted by molar-refractivity contribution is 0.527. The Labute approximate surface area is 129 Å². The molecule has 0 fully saturated rings. The van der Waals surface area contributed by atoms with Crippen LogP contribution in [0.5, 0.6) is 0 Å². The van der Waals surface area contributed by atoms with Gasteiger partial charge in [-0.05, 0) is 65.5 Å². The molecular weight excluding hydrogens is 314 g/mol. The van der Waals surface area contributed by atoms with Gasteiger partial charge in [-0.2, -0.15) is 0 Å². The fourth-order valence-corrected chi connectivity index (χ4v) is 2.53. The fraction of sp³-hybridized carbons (Fsp3) is 0.375. The predicted molar refractivity (Wildman–Crippen MR) is 85.6 cm³/mol. The molecule has 0 spiro atoms. The number of halogens is 1. The van der Waals surface area contributed by atoms with Crippen LogP contribution in [-0.2, 0) is 6.42 Å². The number of pyridine rings is 2. The fourth-order valence-electron chi connectivity index (χ4n) is 2.12. The molecule has 0 aliphatic carbocycles. The molecule has 0 bridgehead atoms. The van der Waals surface area contributed by atoms with E-state index >= 15 is 0 Å². The SMILES string of the molecule is CCCNC(Cc1cncc(Br)c1)c1ccc(C)nc1. The van der Waals surface area contributed by atoms with Gasteiger partial charge < -0.3 is 5.32 Å². The van der Waals surface area contributed by atoms with Gasteiger partial charge >= 0.3 is 0 Å². The highest BCUT2D eigenvalue weighted by Gasteiger charge is 2.12. The van der Waals surface area contributed by atoms with E-state index in [2.05, 4.69) is 56.3 Å². The summed E-state index contributed by atoms with van der Waals surface area (Å²) in [6.07, 6.45) is 7.73. The first kappa shape index (κ1) is 15.1. The zero-order chi connectivity index (χ0) is 14.4.